The van der Waals surface area contributed by atoms with Gasteiger partial charge >= 0.3 is 0 Å². The zero-order valence-electron chi connectivity index (χ0n) is 16.2. The second kappa shape index (κ2) is 8.76. The normalized spacial score (nSPS) is 18.9. The molecule has 5 heteroatoms. The van der Waals surface area contributed by atoms with Gasteiger partial charge in [0.15, 0.2) is 11.5 Å². The molecule has 0 bridgehead atoms. The summed E-state index contributed by atoms with van der Waals surface area (Å²) in [5.41, 5.74) is 1.12. The maximum atomic E-state index is 13.0. The van der Waals surface area contributed by atoms with Crippen LogP contribution in [0, 0.1) is 5.41 Å². The minimum atomic E-state index is 0.106. The number of nitrogens with zero attached hydrogens (tertiary/aromatic N) is 1. The average molecular weight is 360 g/mol. The van der Waals surface area contributed by atoms with Crippen molar-refractivity contribution in [1.82, 2.24) is 10.2 Å². The molecule has 5 nitrogen and oxygen atoms in total. The summed E-state index contributed by atoms with van der Waals surface area (Å²) >= 11 is 0. The molecule has 2 aliphatic heterocycles. The Morgan fingerprint density at radius 1 is 1.08 bits per heavy atom. The summed E-state index contributed by atoms with van der Waals surface area (Å²) in [5.74, 6) is 1.51. The summed E-state index contributed by atoms with van der Waals surface area (Å²) in [7, 11) is 0. The van der Waals surface area contributed by atoms with Crippen LogP contribution in [0.4, 0.5) is 0 Å². The molecule has 2 heterocycles. The molecule has 144 valence electrons. The summed E-state index contributed by atoms with van der Waals surface area (Å²) in [5, 5.41) is 3.47. The fourth-order valence-electron chi connectivity index (χ4n) is 3.89. The molecule has 1 aromatic carbocycles. The van der Waals surface area contributed by atoms with E-state index in [1.807, 2.05) is 23.1 Å². The lowest BCUT2D eigenvalue weighted by Gasteiger charge is -2.39. The lowest BCUT2D eigenvalue weighted by molar-refractivity contribution is 0.0607. The fourth-order valence-corrected chi connectivity index (χ4v) is 3.89. The zero-order valence-corrected chi connectivity index (χ0v) is 16.2. The highest BCUT2D eigenvalue weighted by molar-refractivity contribution is 5.95. The molecule has 0 aliphatic carbocycles. The highest BCUT2D eigenvalue weighted by Crippen LogP contribution is 2.37. The molecule has 1 aromatic rings. The molecule has 1 spiro atoms. The number of hydrogen-bond donors (Lipinski definition) is 1. The lowest BCUT2D eigenvalue weighted by atomic mass is 9.78. The van der Waals surface area contributed by atoms with Gasteiger partial charge in [0.05, 0.1) is 13.2 Å². The number of carbonyl (C=O) groups excluding carboxylic acids is 1. The van der Waals surface area contributed by atoms with Crippen LogP contribution in [-0.2, 0) is 0 Å². The largest absolute Gasteiger partial charge is 0.490 e. The van der Waals surface area contributed by atoms with Crippen molar-refractivity contribution in [2.24, 2.45) is 5.41 Å². The SMILES string of the molecule is CCCOc1ccc(C(=O)N2CCC3(CCNC3)CC2)cc1OCCC. The van der Waals surface area contributed by atoms with Crippen LogP contribution >= 0.6 is 0 Å². The molecule has 0 saturated carbocycles. The minimum Gasteiger partial charge on any atom is -0.490 e. The summed E-state index contributed by atoms with van der Waals surface area (Å²) in [6.45, 7) is 9.34. The Morgan fingerprint density at radius 3 is 2.38 bits per heavy atom. The predicted octanol–water partition coefficient (Wildman–Crippen LogP) is 3.48. The monoisotopic (exact) mass is 360 g/mol. The van der Waals surface area contributed by atoms with Crippen LogP contribution in [0.25, 0.3) is 0 Å². The molecule has 2 saturated heterocycles. The Balaban J connectivity index is 1.68. The van der Waals surface area contributed by atoms with Crippen LogP contribution < -0.4 is 14.8 Å². The predicted molar refractivity (Wildman–Crippen MR) is 103 cm³/mol. The molecule has 26 heavy (non-hydrogen) atoms. The second-order valence-electron chi connectivity index (χ2n) is 7.58. The van der Waals surface area contributed by atoms with Crippen molar-refractivity contribution in [1.29, 1.82) is 0 Å². The highest BCUT2D eigenvalue weighted by atomic mass is 16.5. The van der Waals surface area contributed by atoms with Gasteiger partial charge in [-0.3, -0.25) is 4.79 Å². The van der Waals surface area contributed by atoms with E-state index in [2.05, 4.69) is 19.2 Å². The average Bonchev–Trinajstić information content (AvgIpc) is 3.13. The van der Waals surface area contributed by atoms with E-state index < -0.39 is 0 Å². The molecule has 0 atom stereocenters. The molecule has 0 unspecified atom stereocenters. The Bertz CT molecular complexity index is 601. The minimum absolute atomic E-state index is 0.106. The van der Waals surface area contributed by atoms with E-state index >= 15 is 0 Å². The van der Waals surface area contributed by atoms with E-state index in [1.165, 1.54) is 6.42 Å². The van der Waals surface area contributed by atoms with E-state index in [0.717, 1.165) is 57.6 Å². The summed E-state index contributed by atoms with van der Waals surface area (Å²) in [6, 6.07) is 5.60. The van der Waals surface area contributed by atoms with Crippen molar-refractivity contribution in [3.05, 3.63) is 23.8 Å². The highest BCUT2D eigenvalue weighted by Gasteiger charge is 2.38. The topological polar surface area (TPSA) is 50.8 Å². The van der Waals surface area contributed by atoms with Crippen LogP contribution in [0.2, 0.25) is 0 Å². The third kappa shape index (κ3) is 4.32. The van der Waals surface area contributed by atoms with Gasteiger partial charge < -0.3 is 19.7 Å². The number of benzene rings is 1. The molecular weight excluding hydrogens is 328 g/mol. The van der Waals surface area contributed by atoms with Crippen LogP contribution in [0.5, 0.6) is 11.5 Å². The molecule has 0 aromatic heterocycles. The Labute approximate surface area is 157 Å². The van der Waals surface area contributed by atoms with Gasteiger partial charge in [0.1, 0.15) is 0 Å². The van der Waals surface area contributed by atoms with Crippen LogP contribution in [0.15, 0.2) is 18.2 Å². The van der Waals surface area contributed by atoms with Crippen LogP contribution in [-0.4, -0.2) is 50.2 Å². The Kier molecular flexibility index (Phi) is 6.41. The first-order valence-electron chi connectivity index (χ1n) is 10.1. The Hall–Kier alpha value is -1.75. The number of ether oxygens (including phenoxy) is 2. The van der Waals surface area contributed by atoms with E-state index in [0.29, 0.717) is 29.9 Å². The number of nitrogens with one attached hydrogen (secondary N) is 1. The van der Waals surface area contributed by atoms with E-state index in [1.54, 1.807) is 0 Å². The summed E-state index contributed by atoms with van der Waals surface area (Å²) < 4.78 is 11.6. The van der Waals surface area contributed by atoms with Gasteiger partial charge in [0, 0.05) is 25.2 Å². The van der Waals surface area contributed by atoms with Crippen molar-refractivity contribution in [3.8, 4) is 11.5 Å². The third-order valence-electron chi connectivity index (χ3n) is 5.56. The van der Waals surface area contributed by atoms with Gasteiger partial charge in [-0.1, -0.05) is 13.8 Å². The molecule has 1 N–H and O–H groups in total. The second-order valence-corrected chi connectivity index (χ2v) is 7.58. The van der Waals surface area contributed by atoms with E-state index in [-0.39, 0.29) is 5.91 Å². The molecule has 0 radical (unpaired) electrons. The first-order chi connectivity index (χ1) is 12.7. The number of hydrogen-bond acceptors (Lipinski definition) is 4. The van der Waals surface area contributed by atoms with Gasteiger partial charge in [-0.2, -0.15) is 0 Å². The van der Waals surface area contributed by atoms with E-state index in [4.69, 9.17) is 9.47 Å². The smallest absolute Gasteiger partial charge is 0.253 e. The van der Waals surface area contributed by atoms with Crippen LogP contribution in [0.3, 0.4) is 0 Å². The number of carbonyl (C=O) groups is 1. The maximum absolute atomic E-state index is 13.0. The van der Waals surface area contributed by atoms with Crippen molar-refractivity contribution >= 4 is 5.91 Å². The Morgan fingerprint density at radius 2 is 1.77 bits per heavy atom. The van der Waals surface area contributed by atoms with Gasteiger partial charge in [-0.15, -0.1) is 0 Å². The number of rotatable bonds is 7. The molecular formula is C21H32N2O3. The van der Waals surface area contributed by atoms with Gasteiger partial charge in [-0.25, -0.2) is 0 Å². The summed E-state index contributed by atoms with van der Waals surface area (Å²) in [6.07, 6.45) is 5.31. The van der Waals surface area contributed by atoms with Gasteiger partial charge in [-0.05, 0) is 62.3 Å². The van der Waals surface area contributed by atoms with Crippen molar-refractivity contribution in [2.45, 2.75) is 46.0 Å². The summed E-state index contributed by atoms with van der Waals surface area (Å²) in [4.78, 5) is 15.0. The van der Waals surface area contributed by atoms with Crippen molar-refractivity contribution < 1.29 is 14.3 Å². The van der Waals surface area contributed by atoms with Crippen molar-refractivity contribution in [3.63, 3.8) is 0 Å². The number of piperidine rings is 1. The zero-order chi connectivity index (χ0) is 18.4. The molecule has 1 amide bonds. The van der Waals surface area contributed by atoms with Crippen LogP contribution in [0.1, 0.15) is 56.3 Å². The molecule has 2 fully saturated rings. The fraction of sp³-hybridized carbons (Fsp3) is 0.667. The number of amides is 1. The maximum Gasteiger partial charge on any atom is 0.253 e. The van der Waals surface area contributed by atoms with Gasteiger partial charge in [0.2, 0.25) is 0 Å². The number of likely N-dealkylation sites (tertiary alicyclic amines) is 1. The standard InChI is InChI=1S/C21H32N2O3/c1-3-13-25-18-6-5-17(15-19(18)26-14-4-2)20(24)23-11-8-21(9-12-23)7-10-22-16-21/h5-6,15,22H,3-4,7-14,16H2,1-2H3. The van der Waals surface area contributed by atoms with E-state index in [9.17, 15) is 4.79 Å². The molecule has 3 rings (SSSR count). The first-order valence-corrected chi connectivity index (χ1v) is 10.1. The van der Waals surface area contributed by atoms with Gasteiger partial charge in [0.25, 0.3) is 5.91 Å². The lowest BCUT2D eigenvalue weighted by Crippen LogP contribution is -2.44. The quantitative estimate of drug-likeness (QED) is 0.809. The third-order valence-corrected chi connectivity index (χ3v) is 5.56. The first kappa shape index (κ1) is 19.0. The molecule has 2 aliphatic rings. The van der Waals surface area contributed by atoms with Crippen molar-refractivity contribution in [2.75, 3.05) is 39.4 Å².